The third-order valence-electron chi connectivity index (χ3n) is 4.18. The molecule has 1 heterocycles. The molecule has 0 bridgehead atoms. The predicted octanol–water partition coefficient (Wildman–Crippen LogP) is 5.28. The molecule has 2 unspecified atom stereocenters. The zero-order chi connectivity index (χ0) is 17.3. The number of thioether (sulfide) groups is 1. The van der Waals surface area contributed by atoms with Gasteiger partial charge in [-0.2, -0.15) is 5.10 Å². The largest absolute Gasteiger partial charge is 0.310 e. The van der Waals surface area contributed by atoms with Crippen molar-refractivity contribution in [3.8, 4) is 0 Å². The Hall–Kier alpha value is -1.17. The molecule has 1 N–H and O–H groups in total. The van der Waals surface area contributed by atoms with Gasteiger partial charge >= 0.3 is 0 Å². The third kappa shape index (κ3) is 4.08. The number of aromatic nitrogens is 2. The molecule has 4 nitrogen and oxygen atoms in total. The summed E-state index contributed by atoms with van der Waals surface area (Å²) in [7, 11) is 0. The molecule has 0 radical (unpaired) electrons. The Morgan fingerprint density at radius 1 is 1.33 bits per heavy atom. The first kappa shape index (κ1) is 17.6. The maximum absolute atomic E-state index is 12.5. The second-order valence-electron chi connectivity index (χ2n) is 6.06. The molecule has 1 fully saturated rings. The summed E-state index contributed by atoms with van der Waals surface area (Å²) in [5.41, 5.74) is 0. The normalized spacial score (nSPS) is 16.7. The first-order valence-electron chi connectivity index (χ1n) is 7.92. The van der Waals surface area contributed by atoms with Gasteiger partial charge in [-0.05, 0) is 50.8 Å². The fourth-order valence-electron chi connectivity index (χ4n) is 2.56. The van der Waals surface area contributed by atoms with Gasteiger partial charge < -0.3 is 5.32 Å². The number of hydrogen-bond donors (Lipinski definition) is 1. The van der Waals surface area contributed by atoms with E-state index in [4.69, 9.17) is 23.2 Å². The summed E-state index contributed by atoms with van der Waals surface area (Å²) >= 11 is 13.6. The van der Waals surface area contributed by atoms with Crippen LogP contribution in [-0.2, 0) is 4.79 Å². The van der Waals surface area contributed by atoms with Crippen molar-refractivity contribution in [1.82, 2.24) is 9.78 Å². The first-order valence-corrected chi connectivity index (χ1v) is 9.55. The van der Waals surface area contributed by atoms with Crippen molar-refractivity contribution < 1.29 is 4.79 Å². The quantitative estimate of drug-likeness (QED) is 0.690. The van der Waals surface area contributed by atoms with Gasteiger partial charge in [0.1, 0.15) is 5.82 Å². The van der Waals surface area contributed by atoms with Crippen molar-refractivity contribution in [3.05, 3.63) is 40.5 Å². The number of hydrogen-bond acceptors (Lipinski definition) is 3. The van der Waals surface area contributed by atoms with Gasteiger partial charge in [0.25, 0.3) is 0 Å². The number of halogens is 2. The molecule has 2 atom stereocenters. The van der Waals surface area contributed by atoms with Crippen LogP contribution in [0.3, 0.4) is 0 Å². The van der Waals surface area contributed by atoms with Crippen LogP contribution < -0.4 is 5.32 Å². The molecule has 1 aromatic heterocycles. The molecule has 1 aliphatic rings. The molecule has 7 heteroatoms. The zero-order valence-electron chi connectivity index (χ0n) is 13.5. The van der Waals surface area contributed by atoms with E-state index in [2.05, 4.69) is 17.3 Å². The number of nitrogens with one attached hydrogen (secondary N) is 1. The van der Waals surface area contributed by atoms with Crippen molar-refractivity contribution in [2.24, 2.45) is 5.92 Å². The molecule has 1 aliphatic carbocycles. The maximum atomic E-state index is 12.5. The summed E-state index contributed by atoms with van der Waals surface area (Å²) in [6, 6.07) is 7.39. The number of nitrogens with zero attached hydrogens (tertiary/aromatic N) is 2. The van der Waals surface area contributed by atoms with E-state index >= 15 is 0 Å². The lowest BCUT2D eigenvalue weighted by atomic mass is 10.2. The first-order chi connectivity index (χ1) is 11.5. The van der Waals surface area contributed by atoms with Crippen LogP contribution in [0.25, 0.3) is 0 Å². The van der Waals surface area contributed by atoms with Crippen molar-refractivity contribution in [3.63, 3.8) is 0 Å². The average molecular weight is 384 g/mol. The van der Waals surface area contributed by atoms with E-state index in [1.165, 1.54) is 24.6 Å². The van der Waals surface area contributed by atoms with Crippen molar-refractivity contribution >= 4 is 46.7 Å². The summed E-state index contributed by atoms with van der Waals surface area (Å²) in [6.07, 6.45) is 4.18. The van der Waals surface area contributed by atoms with Crippen LogP contribution in [0.15, 0.2) is 35.4 Å². The standard InChI is InChI=1S/C17H19Cl2N3OS/c1-10(12-3-4-12)22-16(7-8-20-22)21-17(23)11(2)24-15-9-13(18)5-6-14(15)19/h5-12H,3-4H2,1-2H3,(H,21,23). The van der Waals surface area contributed by atoms with Gasteiger partial charge in [-0.25, -0.2) is 4.68 Å². The minimum absolute atomic E-state index is 0.0826. The highest BCUT2D eigenvalue weighted by Gasteiger charge is 2.31. The van der Waals surface area contributed by atoms with Gasteiger partial charge in [-0.15, -0.1) is 11.8 Å². The van der Waals surface area contributed by atoms with E-state index in [0.717, 1.165) is 10.7 Å². The number of rotatable bonds is 6. The minimum Gasteiger partial charge on any atom is -0.310 e. The van der Waals surface area contributed by atoms with Crippen LogP contribution in [0.2, 0.25) is 10.0 Å². The van der Waals surface area contributed by atoms with Crippen LogP contribution in [0.4, 0.5) is 5.82 Å². The smallest absolute Gasteiger partial charge is 0.238 e. The summed E-state index contributed by atoms with van der Waals surface area (Å²) in [4.78, 5) is 13.3. The van der Waals surface area contributed by atoms with Gasteiger partial charge in [0, 0.05) is 16.0 Å². The highest BCUT2D eigenvalue weighted by molar-refractivity contribution is 8.00. The molecule has 1 amide bonds. The second-order valence-corrected chi connectivity index (χ2v) is 8.29. The van der Waals surface area contributed by atoms with Crippen LogP contribution in [0.5, 0.6) is 0 Å². The Bertz CT molecular complexity index is 745. The Labute approximate surface area is 155 Å². The fraction of sp³-hybridized carbons (Fsp3) is 0.412. The summed E-state index contributed by atoms with van der Waals surface area (Å²) in [5, 5.41) is 8.22. The molecule has 1 aromatic carbocycles. The number of carbonyl (C=O) groups is 1. The lowest BCUT2D eigenvalue weighted by Gasteiger charge is -2.17. The number of anilines is 1. The molecule has 3 rings (SSSR count). The molecule has 0 saturated heterocycles. The Morgan fingerprint density at radius 3 is 2.79 bits per heavy atom. The third-order valence-corrected chi connectivity index (χ3v) is 6.01. The molecule has 0 spiro atoms. The lowest BCUT2D eigenvalue weighted by molar-refractivity contribution is -0.115. The molecule has 1 saturated carbocycles. The monoisotopic (exact) mass is 383 g/mol. The van der Waals surface area contributed by atoms with Crippen LogP contribution in [0.1, 0.15) is 32.7 Å². The van der Waals surface area contributed by atoms with Crippen molar-refractivity contribution in [1.29, 1.82) is 0 Å². The predicted molar refractivity (Wildman–Crippen MR) is 100 cm³/mol. The lowest BCUT2D eigenvalue weighted by Crippen LogP contribution is -2.25. The van der Waals surface area contributed by atoms with E-state index < -0.39 is 0 Å². The van der Waals surface area contributed by atoms with Gasteiger partial charge in [0.2, 0.25) is 5.91 Å². The molecule has 24 heavy (non-hydrogen) atoms. The molecule has 128 valence electrons. The zero-order valence-corrected chi connectivity index (χ0v) is 15.8. The van der Waals surface area contributed by atoms with E-state index in [1.807, 2.05) is 17.7 Å². The SMILES string of the molecule is CC(Sc1cc(Cl)ccc1Cl)C(=O)Nc1ccnn1C(C)C1CC1. The minimum atomic E-state index is -0.305. The number of benzene rings is 1. The van der Waals surface area contributed by atoms with Gasteiger partial charge in [-0.3, -0.25) is 4.79 Å². The second kappa shape index (κ2) is 7.38. The Morgan fingerprint density at radius 2 is 2.08 bits per heavy atom. The highest BCUT2D eigenvalue weighted by Crippen LogP contribution is 2.40. The van der Waals surface area contributed by atoms with E-state index in [1.54, 1.807) is 24.4 Å². The fourth-order valence-corrected chi connectivity index (χ4v) is 3.97. The molecular weight excluding hydrogens is 365 g/mol. The maximum Gasteiger partial charge on any atom is 0.238 e. The van der Waals surface area contributed by atoms with Crippen LogP contribution >= 0.6 is 35.0 Å². The number of amides is 1. The van der Waals surface area contributed by atoms with E-state index in [0.29, 0.717) is 22.0 Å². The van der Waals surface area contributed by atoms with Crippen molar-refractivity contribution in [2.45, 2.75) is 42.9 Å². The molecule has 2 aromatic rings. The summed E-state index contributed by atoms with van der Waals surface area (Å²) in [5.74, 6) is 1.32. The van der Waals surface area contributed by atoms with E-state index in [-0.39, 0.29) is 11.2 Å². The van der Waals surface area contributed by atoms with Crippen LogP contribution in [-0.4, -0.2) is 20.9 Å². The van der Waals surface area contributed by atoms with Crippen molar-refractivity contribution in [2.75, 3.05) is 5.32 Å². The summed E-state index contributed by atoms with van der Waals surface area (Å²) in [6.45, 7) is 3.99. The Kier molecular flexibility index (Phi) is 5.42. The molecular formula is C17H19Cl2N3OS. The Balaban J connectivity index is 1.66. The van der Waals surface area contributed by atoms with E-state index in [9.17, 15) is 4.79 Å². The van der Waals surface area contributed by atoms with Crippen LogP contribution in [0, 0.1) is 5.92 Å². The van der Waals surface area contributed by atoms with Gasteiger partial charge in [0.05, 0.1) is 22.5 Å². The molecule has 0 aliphatic heterocycles. The number of carbonyl (C=O) groups excluding carboxylic acids is 1. The highest BCUT2D eigenvalue weighted by atomic mass is 35.5. The van der Waals surface area contributed by atoms with Gasteiger partial charge in [0.15, 0.2) is 0 Å². The average Bonchev–Trinajstić information content (AvgIpc) is 3.30. The topological polar surface area (TPSA) is 46.9 Å². The summed E-state index contributed by atoms with van der Waals surface area (Å²) < 4.78 is 1.90. The van der Waals surface area contributed by atoms with Gasteiger partial charge in [-0.1, -0.05) is 23.2 Å².